The van der Waals surface area contributed by atoms with Crippen LogP contribution in [0.25, 0.3) is 0 Å². The Hall–Kier alpha value is -2.02. The van der Waals surface area contributed by atoms with E-state index in [1.165, 1.54) is 7.11 Å². The highest BCUT2D eigenvalue weighted by molar-refractivity contribution is 5.14. The van der Waals surface area contributed by atoms with E-state index >= 15 is 0 Å². The van der Waals surface area contributed by atoms with Crippen molar-refractivity contribution in [2.24, 2.45) is 7.05 Å². The van der Waals surface area contributed by atoms with Crippen molar-refractivity contribution in [3.63, 3.8) is 0 Å². The zero-order chi connectivity index (χ0) is 12.3. The van der Waals surface area contributed by atoms with Crippen molar-refractivity contribution < 1.29 is 9.84 Å². The summed E-state index contributed by atoms with van der Waals surface area (Å²) in [4.78, 5) is 0. The third kappa shape index (κ3) is 2.76. The second kappa shape index (κ2) is 4.88. The molecule has 0 aromatic carbocycles. The molecule has 1 N–H and O–H groups in total. The molecule has 0 fully saturated rings. The molecule has 7 nitrogen and oxygen atoms in total. The Morgan fingerprint density at radius 1 is 1.35 bits per heavy atom. The van der Waals surface area contributed by atoms with E-state index in [0.717, 1.165) is 0 Å². The van der Waals surface area contributed by atoms with Crippen LogP contribution in [0.1, 0.15) is 17.5 Å². The zero-order valence-electron chi connectivity index (χ0n) is 9.61. The maximum atomic E-state index is 9.93. The number of methoxy groups -OCH3 is 1. The molecular weight excluding hydrogens is 222 g/mol. The Balaban J connectivity index is 2.06. The summed E-state index contributed by atoms with van der Waals surface area (Å²) in [5.41, 5.74) is 1.19. The van der Waals surface area contributed by atoms with E-state index in [0.29, 0.717) is 23.7 Å². The van der Waals surface area contributed by atoms with Gasteiger partial charge in [-0.2, -0.15) is 0 Å². The third-order valence-corrected chi connectivity index (χ3v) is 2.26. The molecule has 90 valence electrons. The molecule has 7 heteroatoms. The van der Waals surface area contributed by atoms with E-state index in [2.05, 4.69) is 20.5 Å². The fourth-order valence-corrected chi connectivity index (χ4v) is 1.41. The SMILES string of the molecule is COc1ccc(C(O)Cc2cn(C)nn2)nn1. The Kier molecular flexibility index (Phi) is 3.29. The second-order valence-corrected chi connectivity index (χ2v) is 3.60. The van der Waals surface area contributed by atoms with Gasteiger partial charge in [-0.15, -0.1) is 15.3 Å². The predicted molar refractivity (Wildman–Crippen MR) is 58.3 cm³/mol. The highest BCUT2D eigenvalue weighted by atomic mass is 16.5. The number of rotatable bonds is 4. The Morgan fingerprint density at radius 3 is 2.71 bits per heavy atom. The molecule has 1 atom stereocenters. The van der Waals surface area contributed by atoms with Crippen LogP contribution in [0, 0.1) is 0 Å². The van der Waals surface area contributed by atoms with Crippen molar-refractivity contribution in [2.75, 3.05) is 7.11 Å². The Morgan fingerprint density at radius 2 is 2.18 bits per heavy atom. The van der Waals surface area contributed by atoms with Crippen LogP contribution in [0.2, 0.25) is 0 Å². The molecule has 0 aliphatic heterocycles. The first-order valence-corrected chi connectivity index (χ1v) is 5.10. The van der Waals surface area contributed by atoms with Gasteiger partial charge in [-0.1, -0.05) is 5.21 Å². The lowest BCUT2D eigenvalue weighted by Gasteiger charge is -2.07. The molecule has 0 aliphatic rings. The van der Waals surface area contributed by atoms with E-state index in [4.69, 9.17) is 4.74 Å². The fraction of sp³-hybridized carbons (Fsp3) is 0.400. The van der Waals surface area contributed by atoms with E-state index in [1.54, 1.807) is 30.1 Å². The van der Waals surface area contributed by atoms with Crippen LogP contribution in [-0.4, -0.2) is 37.4 Å². The van der Waals surface area contributed by atoms with Gasteiger partial charge in [0.05, 0.1) is 18.5 Å². The van der Waals surface area contributed by atoms with Gasteiger partial charge in [0.25, 0.3) is 0 Å². The minimum atomic E-state index is -0.745. The third-order valence-electron chi connectivity index (χ3n) is 2.26. The van der Waals surface area contributed by atoms with Gasteiger partial charge in [-0.3, -0.25) is 4.68 Å². The zero-order valence-corrected chi connectivity index (χ0v) is 9.61. The predicted octanol–water partition coefficient (Wildman–Crippen LogP) is -0.110. The molecule has 17 heavy (non-hydrogen) atoms. The van der Waals surface area contributed by atoms with Gasteiger partial charge in [-0.25, -0.2) is 0 Å². The summed E-state index contributed by atoms with van der Waals surface area (Å²) in [7, 11) is 3.29. The van der Waals surface area contributed by atoms with Crippen molar-refractivity contribution >= 4 is 0 Å². The van der Waals surface area contributed by atoms with Crippen molar-refractivity contribution in [1.82, 2.24) is 25.2 Å². The average molecular weight is 235 g/mol. The van der Waals surface area contributed by atoms with Crippen LogP contribution in [0.3, 0.4) is 0 Å². The standard InChI is InChI=1S/C10H13N5O2/c1-15-6-7(11-14-15)5-9(16)8-3-4-10(17-2)13-12-8/h3-4,6,9,16H,5H2,1-2H3. The summed E-state index contributed by atoms with van der Waals surface area (Å²) < 4.78 is 6.47. The molecule has 0 radical (unpaired) electrons. The van der Waals surface area contributed by atoms with Crippen LogP contribution < -0.4 is 4.74 Å². The molecule has 0 saturated heterocycles. The first-order chi connectivity index (χ1) is 8.19. The molecule has 0 aliphatic carbocycles. The number of aliphatic hydroxyl groups is 1. The fourth-order valence-electron chi connectivity index (χ4n) is 1.41. The molecule has 0 spiro atoms. The summed E-state index contributed by atoms with van der Waals surface area (Å²) in [6, 6.07) is 3.33. The minimum Gasteiger partial charge on any atom is -0.480 e. The van der Waals surface area contributed by atoms with E-state index in [1.807, 2.05) is 0 Å². The summed E-state index contributed by atoms with van der Waals surface area (Å²) in [5.74, 6) is 0.417. The summed E-state index contributed by atoms with van der Waals surface area (Å²) >= 11 is 0. The highest BCUT2D eigenvalue weighted by Crippen LogP contribution is 2.15. The van der Waals surface area contributed by atoms with Crippen molar-refractivity contribution in [2.45, 2.75) is 12.5 Å². The van der Waals surface area contributed by atoms with Gasteiger partial charge >= 0.3 is 0 Å². The molecule has 2 aromatic heterocycles. The van der Waals surface area contributed by atoms with E-state index < -0.39 is 6.10 Å². The normalized spacial score (nSPS) is 12.4. The summed E-state index contributed by atoms with van der Waals surface area (Å²) in [6.07, 6.45) is 1.36. The second-order valence-electron chi connectivity index (χ2n) is 3.60. The molecule has 2 heterocycles. The smallest absolute Gasteiger partial charge is 0.233 e. The number of aliphatic hydroxyl groups excluding tert-OH is 1. The Labute approximate surface area is 98.1 Å². The molecular formula is C10H13N5O2. The van der Waals surface area contributed by atoms with Crippen molar-refractivity contribution in [3.05, 3.63) is 29.7 Å². The number of aryl methyl sites for hydroxylation is 1. The van der Waals surface area contributed by atoms with Crippen LogP contribution in [0.5, 0.6) is 5.88 Å². The molecule has 1 unspecified atom stereocenters. The lowest BCUT2D eigenvalue weighted by atomic mass is 10.1. The van der Waals surface area contributed by atoms with Gasteiger partial charge in [0.1, 0.15) is 6.10 Å². The van der Waals surface area contributed by atoms with E-state index in [9.17, 15) is 5.11 Å². The quantitative estimate of drug-likeness (QED) is 0.795. The van der Waals surface area contributed by atoms with Crippen LogP contribution >= 0.6 is 0 Å². The number of hydrogen-bond acceptors (Lipinski definition) is 6. The lowest BCUT2D eigenvalue weighted by molar-refractivity contribution is 0.170. The summed E-state index contributed by atoms with van der Waals surface area (Å²) in [5, 5.41) is 25.3. The van der Waals surface area contributed by atoms with Gasteiger partial charge in [-0.05, 0) is 6.07 Å². The largest absolute Gasteiger partial charge is 0.480 e. The first-order valence-electron chi connectivity index (χ1n) is 5.10. The van der Waals surface area contributed by atoms with Crippen LogP contribution in [-0.2, 0) is 13.5 Å². The van der Waals surface area contributed by atoms with Crippen molar-refractivity contribution in [1.29, 1.82) is 0 Å². The molecule has 0 amide bonds. The monoisotopic (exact) mass is 235 g/mol. The number of aromatic nitrogens is 5. The number of nitrogens with zero attached hydrogens (tertiary/aromatic N) is 5. The minimum absolute atomic E-state index is 0.356. The maximum absolute atomic E-state index is 9.93. The topological polar surface area (TPSA) is 86.0 Å². The summed E-state index contributed by atoms with van der Waals surface area (Å²) in [6.45, 7) is 0. The maximum Gasteiger partial charge on any atom is 0.233 e. The molecule has 0 bridgehead atoms. The van der Waals surface area contributed by atoms with Crippen LogP contribution in [0.15, 0.2) is 18.3 Å². The van der Waals surface area contributed by atoms with Gasteiger partial charge < -0.3 is 9.84 Å². The van der Waals surface area contributed by atoms with Gasteiger partial charge in [0, 0.05) is 25.7 Å². The van der Waals surface area contributed by atoms with Crippen molar-refractivity contribution in [3.8, 4) is 5.88 Å². The first kappa shape index (κ1) is 11.5. The average Bonchev–Trinajstić information content (AvgIpc) is 2.75. The highest BCUT2D eigenvalue weighted by Gasteiger charge is 2.13. The number of ether oxygens (including phenoxy) is 1. The molecule has 0 saturated carbocycles. The number of hydrogen-bond donors (Lipinski definition) is 1. The van der Waals surface area contributed by atoms with Gasteiger partial charge in [0.15, 0.2) is 0 Å². The molecule has 2 rings (SSSR count). The van der Waals surface area contributed by atoms with Crippen LogP contribution in [0.4, 0.5) is 0 Å². The van der Waals surface area contributed by atoms with E-state index in [-0.39, 0.29) is 0 Å². The molecule has 2 aromatic rings. The van der Waals surface area contributed by atoms with Gasteiger partial charge in [0.2, 0.25) is 5.88 Å². The lowest BCUT2D eigenvalue weighted by Crippen LogP contribution is -2.06. The Bertz CT molecular complexity index is 482.